The van der Waals surface area contributed by atoms with Crippen LogP contribution in [-0.4, -0.2) is 35.0 Å². The van der Waals surface area contributed by atoms with E-state index in [1.54, 1.807) is 6.20 Å². The molecule has 66 valence electrons. The third kappa shape index (κ3) is 1.30. The van der Waals surface area contributed by atoms with Gasteiger partial charge in [-0.3, -0.25) is 0 Å². The summed E-state index contributed by atoms with van der Waals surface area (Å²) >= 11 is -0.0232. The first-order chi connectivity index (χ1) is 6.18. The molecule has 1 N–H and O–H groups in total. The summed E-state index contributed by atoms with van der Waals surface area (Å²) < 4.78 is 1.97. The van der Waals surface area contributed by atoms with Crippen molar-refractivity contribution in [2.75, 3.05) is 0 Å². The number of hydrogen-bond donors (Lipinski definition) is 1. The average molecular weight is 243 g/mol. The Morgan fingerprint density at radius 2 is 2.38 bits per heavy atom. The summed E-state index contributed by atoms with van der Waals surface area (Å²) in [5.74, 6) is -1.11. The Bertz CT molecular complexity index is 528. The van der Waals surface area contributed by atoms with Gasteiger partial charge in [-0.15, -0.1) is 0 Å². The normalized spacial score (nSPS) is 10.5. The van der Waals surface area contributed by atoms with E-state index in [2.05, 4.69) is 4.98 Å². The van der Waals surface area contributed by atoms with Crippen molar-refractivity contribution in [1.82, 2.24) is 9.38 Å². The van der Waals surface area contributed by atoms with E-state index in [-0.39, 0.29) is 20.2 Å². The Morgan fingerprint density at radius 1 is 1.62 bits per heavy atom. The zero-order chi connectivity index (χ0) is 9.42. The number of carboxylic acids is 1. The third-order valence-corrected chi connectivity index (χ3v) is 3.12. The predicted octanol–water partition coefficient (Wildman–Crippen LogP) is -0.550. The third-order valence-electron chi connectivity index (χ3n) is 1.53. The molecule has 0 unspecified atom stereocenters. The molecule has 6 heteroatoms. The van der Waals surface area contributed by atoms with Gasteiger partial charge in [-0.1, -0.05) is 0 Å². The fraction of sp³-hybridized carbons (Fsp3) is 0. The Balaban J connectivity index is 2.93. The fourth-order valence-electron chi connectivity index (χ4n) is 1.01. The van der Waals surface area contributed by atoms with Crippen LogP contribution in [0.15, 0.2) is 22.0 Å². The molecule has 0 fully saturated rings. The predicted molar refractivity (Wildman–Crippen MR) is 45.4 cm³/mol. The molecule has 0 atom stereocenters. The zero-order valence-electron chi connectivity index (χ0n) is 6.30. The maximum atomic E-state index is 10.9. The van der Waals surface area contributed by atoms with Gasteiger partial charge in [0.2, 0.25) is 0 Å². The molecule has 0 aliphatic rings. The van der Waals surface area contributed by atoms with Gasteiger partial charge < -0.3 is 0 Å². The van der Waals surface area contributed by atoms with Crippen LogP contribution < -0.4 is 5.56 Å². The molecule has 0 radical (unpaired) electrons. The molecule has 5 nitrogen and oxygen atoms in total. The molecule has 0 aromatic carbocycles. The van der Waals surface area contributed by atoms with E-state index in [0.29, 0.717) is 4.52 Å². The molecule has 13 heavy (non-hydrogen) atoms. The molecule has 0 aliphatic heterocycles. The number of fused-ring (bicyclic) bond motifs is 1. The van der Waals surface area contributed by atoms with Gasteiger partial charge in [0.1, 0.15) is 0 Å². The van der Waals surface area contributed by atoms with Crippen LogP contribution in [0.25, 0.3) is 4.52 Å². The number of aromatic carboxylic acids is 1. The number of aromatic nitrogens is 2. The Morgan fingerprint density at radius 3 is 3.08 bits per heavy atom. The molecule has 0 amide bonds. The van der Waals surface area contributed by atoms with E-state index in [1.165, 1.54) is 4.40 Å². The first-order valence-corrected chi connectivity index (χ1v) is 5.23. The number of rotatable bonds is 1. The summed E-state index contributed by atoms with van der Waals surface area (Å²) in [7, 11) is 0. The van der Waals surface area contributed by atoms with Gasteiger partial charge in [-0.2, -0.15) is 0 Å². The van der Waals surface area contributed by atoms with Gasteiger partial charge in [0.25, 0.3) is 0 Å². The molecular weight excluding hydrogens is 239 g/mol. The second kappa shape index (κ2) is 2.83. The van der Waals surface area contributed by atoms with Crippen molar-refractivity contribution in [2.45, 2.75) is 0 Å². The molecule has 0 bridgehead atoms. The van der Waals surface area contributed by atoms with Crippen LogP contribution >= 0.6 is 0 Å². The number of carbonyl (C=O) groups is 1. The Kier molecular flexibility index (Phi) is 1.79. The molecule has 0 saturated heterocycles. The molecule has 2 aromatic rings. The van der Waals surface area contributed by atoms with Crippen molar-refractivity contribution in [3.63, 3.8) is 0 Å². The Labute approximate surface area is 78.0 Å². The van der Waals surface area contributed by atoms with Crippen LogP contribution in [0, 0.1) is 0 Å². The topological polar surface area (TPSA) is 71.7 Å². The number of nitrogens with zero attached hydrogens (tertiary/aromatic N) is 2. The van der Waals surface area contributed by atoms with Crippen LogP contribution in [0.1, 0.15) is 10.5 Å². The average Bonchev–Trinajstić information content (AvgIpc) is 2.49. The van der Waals surface area contributed by atoms with Crippen LogP contribution in [0.2, 0.25) is 0 Å². The van der Waals surface area contributed by atoms with E-state index < -0.39 is 11.5 Å². The van der Waals surface area contributed by atoms with Crippen LogP contribution in [0.5, 0.6) is 0 Å². The summed E-state index contributed by atoms with van der Waals surface area (Å²) in [4.78, 5) is 27.2. The van der Waals surface area contributed by atoms with Gasteiger partial charge in [-0.25, -0.2) is 0 Å². The van der Waals surface area contributed by atoms with Gasteiger partial charge in [0, 0.05) is 0 Å². The summed E-state index contributed by atoms with van der Waals surface area (Å²) in [5, 5.41) is 8.76. The van der Waals surface area contributed by atoms with E-state index in [4.69, 9.17) is 5.11 Å². The molecule has 0 spiro atoms. The van der Waals surface area contributed by atoms with Crippen LogP contribution in [-0.2, 0) is 0 Å². The summed E-state index contributed by atoms with van der Waals surface area (Å²) in [6, 6.07) is 1.03. The van der Waals surface area contributed by atoms with Crippen molar-refractivity contribution in [1.29, 1.82) is 0 Å². The van der Waals surface area contributed by atoms with E-state index in [1.807, 2.05) is 4.94 Å². The minimum absolute atomic E-state index is 0.0226. The zero-order valence-corrected chi connectivity index (χ0v) is 8.01. The van der Waals surface area contributed by atoms with Gasteiger partial charge in [0.05, 0.1) is 0 Å². The number of carboxylic acid groups (broad SMARTS) is 1. The molecule has 0 aliphatic carbocycles. The summed E-state index contributed by atoms with van der Waals surface area (Å²) in [5.41, 5.74) is -0.514. The van der Waals surface area contributed by atoms with Crippen molar-refractivity contribution >= 4 is 25.0 Å². The molecule has 2 rings (SSSR count). The standard InChI is InChI=1S/C7H4N2O3Se/c10-5-3-4(6(11)12)9-1-2-13-7(9)8-5/h1-3H,(H,11,12). The summed E-state index contributed by atoms with van der Waals surface area (Å²) in [6.07, 6.45) is 1.63. The van der Waals surface area contributed by atoms with Gasteiger partial charge in [-0.05, 0) is 0 Å². The van der Waals surface area contributed by atoms with Crippen molar-refractivity contribution < 1.29 is 9.90 Å². The molecule has 2 heterocycles. The van der Waals surface area contributed by atoms with Crippen LogP contribution in [0.4, 0.5) is 0 Å². The first-order valence-electron chi connectivity index (χ1n) is 3.38. The quantitative estimate of drug-likeness (QED) is 0.682. The monoisotopic (exact) mass is 244 g/mol. The van der Waals surface area contributed by atoms with E-state index >= 15 is 0 Å². The molecular formula is C7H4N2O3Se. The number of hydrogen-bond acceptors (Lipinski definition) is 3. The van der Waals surface area contributed by atoms with E-state index in [0.717, 1.165) is 6.07 Å². The fourth-order valence-corrected chi connectivity index (χ4v) is 2.52. The Hall–Kier alpha value is -1.39. The van der Waals surface area contributed by atoms with Gasteiger partial charge >= 0.3 is 77.5 Å². The van der Waals surface area contributed by atoms with Crippen molar-refractivity contribution in [3.8, 4) is 0 Å². The molecule has 2 aromatic heterocycles. The second-order valence-electron chi connectivity index (χ2n) is 2.34. The van der Waals surface area contributed by atoms with Gasteiger partial charge in [0.15, 0.2) is 0 Å². The van der Waals surface area contributed by atoms with Crippen molar-refractivity contribution in [3.05, 3.63) is 33.3 Å². The SMILES string of the molecule is O=C(O)c1cc(=O)nc2[se]ccn12. The van der Waals surface area contributed by atoms with Crippen molar-refractivity contribution in [2.24, 2.45) is 0 Å². The second-order valence-corrected chi connectivity index (χ2v) is 4.17. The first kappa shape index (κ1) is 8.22. The maximum absolute atomic E-state index is 10.9. The minimum atomic E-state index is -1.11. The van der Waals surface area contributed by atoms with E-state index in [9.17, 15) is 9.59 Å². The van der Waals surface area contributed by atoms with Crippen LogP contribution in [0.3, 0.4) is 0 Å². The molecule has 0 saturated carbocycles. The summed E-state index contributed by atoms with van der Waals surface area (Å²) in [6.45, 7) is 0.